The second kappa shape index (κ2) is 4.66. The van der Waals surface area contributed by atoms with Gasteiger partial charge in [0.25, 0.3) is 0 Å². The molecular formula is C17H19BrN2. The summed E-state index contributed by atoms with van der Waals surface area (Å²) in [7, 11) is 0. The Morgan fingerprint density at radius 3 is 3.00 bits per heavy atom. The van der Waals surface area contributed by atoms with E-state index in [1.54, 1.807) is 5.57 Å². The number of hydrogen-bond donors (Lipinski definition) is 1. The summed E-state index contributed by atoms with van der Waals surface area (Å²) in [5.41, 5.74) is 7.31. The highest BCUT2D eigenvalue weighted by molar-refractivity contribution is 9.10. The topological polar surface area (TPSA) is 19.0 Å². The standard InChI is InChI=1S/C17H19BrN2/c1-2-11-4-3-8-20-9-7-13-14-10-12(18)5-6-15(14)19-16(13)17(11)20/h5-6,10,19H,2-4,7-9H2,1H3. The summed E-state index contributed by atoms with van der Waals surface area (Å²) in [6.07, 6.45) is 4.91. The lowest BCUT2D eigenvalue weighted by Gasteiger charge is -2.37. The van der Waals surface area contributed by atoms with Crippen LogP contribution in [0.4, 0.5) is 0 Å². The van der Waals surface area contributed by atoms with Gasteiger partial charge in [0.15, 0.2) is 0 Å². The molecule has 3 heterocycles. The van der Waals surface area contributed by atoms with Gasteiger partial charge in [0.2, 0.25) is 0 Å². The van der Waals surface area contributed by atoms with E-state index in [0.717, 1.165) is 6.42 Å². The van der Waals surface area contributed by atoms with Gasteiger partial charge in [-0.2, -0.15) is 0 Å². The number of nitrogens with zero attached hydrogens (tertiary/aromatic N) is 1. The number of nitrogens with one attached hydrogen (secondary N) is 1. The second-order valence-electron chi connectivity index (χ2n) is 5.81. The van der Waals surface area contributed by atoms with Crippen molar-refractivity contribution in [2.45, 2.75) is 32.6 Å². The van der Waals surface area contributed by atoms with Gasteiger partial charge in [-0.3, -0.25) is 0 Å². The van der Waals surface area contributed by atoms with Crippen molar-refractivity contribution in [1.82, 2.24) is 9.88 Å². The Morgan fingerprint density at radius 2 is 2.15 bits per heavy atom. The second-order valence-corrected chi connectivity index (χ2v) is 6.73. The van der Waals surface area contributed by atoms with Crippen molar-refractivity contribution in [2.75, 3.05) is 13.1 Å². The molecule has 0 fully saturated rings. The van der Waals surface area contributed by atoms with Crippen LogP contribution in [-0.2, 0) is 6.42 Å². The smallest absolute Gasteiger partial charge is 0.0661 e. The van der Waals surface area contributed by atoms with Gasteiger partial charge < -0.3 is 9.88 Å². The van der Waals surface area contributed by atoms with Crippen molar-refractivity contribution in [2.24, 2.45) is 0 Å². The van der Waals surface area contributed by atoms with Crippen LogP contribution in [0, 0.1) is 0 Å². The molecule has 0 aliphatic carbocycles. The maximum Gasteiger partial charge on any atom is 0.0661 e. The van der Waals surface area contributed by atoms with Gasteiger partial charge in [-0.15, -0.1) is 0 Å². The predicted molar refractivity (Wildman–Crippen MR) is 87.7 cm³/mol. The van der Waals surface area contributed by atoms with Gasteiger partial charge in [-0.1, -0.05) is 22.9 Å². The molecule has 0 spiro atoms. The van der Waals surface area contributed by atoms with Crippen LogP contribution in [0.25, 0.3) is 16.6 Å². The minimum atomic E-state index is 1.16. The summed E-state index contributed by atoms with van der Waals surface area (Å²) < 4.78 is 1.17. The third-order valence-corrected chi connectivity index (χ3v) is 5.21. The summed E-state index contributed by atoms with van der Waals surface area (Å²) in [5.74, 6) is 0. The maximum atomic E-state index is 3.69. The molecule has 1 N–H and O–H groups in total. The molecule has 0 saturated heterocycles. The van der Waals surface area contributed by atoms with Crippen LogP contribution in [0.5, 0.6) is 0 Å². The Labute approximate surface area is 128 Å². The van der Waals surface area contributed by atoms with Gasteiger partial charge in [0.1, 0.15) is 0 Å². The molecule has 0 bridgehead atoms. The Bertz CT molecular complexity index is 711. The van der Waals surface area contributed by atoms with E-state index in [0.29, 0.717) is 0 Å². The minimum absolute atomic E-state index is 1.16. The molecule has 104 valence electrons. The van der Waals surface area contributed by atoms with Crippen molar-refractivity contribution < 1.29 is 0 Å². The Morgan fingerprint density at radius 1 is 1.25 bits per heavy atom. The predicted octanol–water partition coefficient (Wildman–Crippen LogP) is 4.70. The van der Waals surface area contributed by atoms with Crippen LogP contribution < -0.4 is 0 Å². The summed E-state index contributed by atoms with van der Waals surface area (Å²) >= 11 is 3.60. The van der Waals surface area contributed by atoms with Crippen molar-refractivity contribution in [3.8, 4) is 0 Å². The quantitative estimate of drug-likeness (QED) is 0.802. The number of aromatic amines is 1. The highest BCUT2D eigenvalue weighted by Gasteiger charge is 2.28. The largest absolute Gasteiger partial charge is 0.370 e. The molecular weight excluding hydrogens is 312 g/mol. The van der Waals surface area contributed by atoms with E-state index < -0.39 is 0 Å². The van der Waals surface area contributed by atoms with Crippen LogP contribution >= 0.6 is 15.9 Å². The molecule has 0 amide bonds. The lowest BCUT2D eigenvalue weighted by Crippen LogP contribution is -2.33. The van der Waals surface area contributed by atoms with Crippen LogP contribution in [0.2, 0.25) is 0 Å². The molecule has 2 aliphatic heterocycles. The normalized spacial score (nSPS) is 18.4. The minimum Gasteiger partial charge on any atom is -0.370 e. The average Bonchev–Trinajstić information content (AvgIpc) is 2.84. The lowest BCUT2D eigenvalue weighted by atomic mass is 9.92. The number of H-pyrrole nitrogens is 1. The van der Waals surface area contributed by atoms with Gasteiger partial charge in [-0.05, 0) is 55.0 Å². The molecule has 0 radical (unpaired) electrons. The first-order chi connectivity index (χ1) is 9.78. The first-order valence-corrected chi connectivity index (χ1v) is 8.34. The molecule has 0 atom stereocenters. The molecule has 0 unspecified atom stereocenters. The molecule has 4 rings (SSSR count). The SMILES string of the molecule is CCC1=C2c3[nH]c4ccc(Br)cc4c3CCN2CCC1. The number of rotatable bonds is 1. The first-order valence-electron chi connectivity index (χ1n) is 7.55. The third kappa shape index (κ3) is 1.76. The summed E-state index contributed by atoms with van der Waals surface area (Å²) in [5, 5.41) is 1.39. The molecule has 1 aromatic heterocycles. The van der Waals surface area contributed by atoms with E-state index >= 15 is 0 Å². The number of allylic oxidation sites excluding steroid dienone is 1. The molecule has 3 heteroatoms. The fourth-order valence-corrected chi connectivity index (χ4v) is 4.13. The number of fused-ring (bicyclic) bond motifs is 5. The van der Waals surface area contributed by atoms with Crippen molar-refractivity contribution >= 4 is 32.5 Å². The lowest BCUT2D eigenvalue weighted by molar-refractivity contribution is 0.361. The monoisotopic (exact) mass is 330 g/mol. The Kier molecular flexibility index (Phi) is 2.92. The summed E-state index contributed by atoms with van der Waals surface area (Å²) in [6, 6.07) is 6.57. The molecule has 1 aromatic carbocycles. The molecule has 2 aromatic rings. The van der Waals surface area contributed by atoms with E-state index in [-0.39, 0.29) is 0 Å². The number of halogens is 1. The fraction of sp³-hybridized carbons (Fsp3) is 0.412. The van der Waals surface area contributed by atoms with Gasteiger partial charge in [0, 0.05) is 28.5 Å². The van der Waals surface area contributed by atoms with E-state index in [1.165, 1.54) is 64.7 Å². The van der Waals surface area contributed by atoms with Crippen molar-refractivity contribution in [3.05, 3.63) is 39.5 Å². The molecule has 2 aliphatic rings. The maximum absolute atomic E-state index is 3.69. The fourth-order valence-electron chi connectivity index (χ4n) is 3.77. The summed E-state index contributed by atoms with van der Waals surface area (Å²) in [4.78, 5) is 6.28. The van der Waals surface area contributed by atoms with Crippen molar-refractivity contribution in [1.29, 1.82) is 0 Å². The molecule has 0 saturated carbocycles. The zero-order valence-corrected chi connectivity index (χ0v) is 13.4. The van der Waals surface area contributed by atoms with Crippen LogP contribution in [-0.4, -0.2) is 23.0 Å². The zero-order valence-electron chi connectivity index (χ0n) is 11.8. The average molecular weight is 331 g/mol. The van der Waals surface area contributed by atoms with Gasteiger partial charge in [-0.25, -0.2) is 0 Å². The van der Waals surface area contributed by atoms with E-state index in [9.17, 15) is 0 Å². The van der Waals surface area contributed by atoms with Crippen molar-refractivity contribution in [3.63, 3.8) is 0 Å². The first kappa shape index (κ1) is 12.5. The highest BCUT2D eigenvalue weighted by atomic mass is 79.9. The number of hydrogen-bond acceptors (Lipinski definition) is 1. The van der Waals surface area contributed by atoms with E-state index in [4.69, 9.17) is 0 Å². The molecule has 2 nitrogen and oxygen atoms in total. The van der Waals surface area contributed by atoms with Crippen LogP contribution in [0.15, 0.2) is 28.2 Å². The number of aromatic nitrogens is 1. The summed E-state index contributed by atoms with van der Waals surface area (Å²) in [6.45, 7) is 4.68. The highest BCUT2D eigenvalue weighted by Crippen LogP contribution is 2.40. The Balaban J connectivity index is 1.99. The van der Waals surface area contributed by atoms with Crippen LogP contribution in [0.1, 0.15) is 37.4 Å². The Hall–Kier alpha value is -1.22. The van der Waals surface area contributed by atoms with E-state index in [1.807, 2.05) is 0 Å². The molecule has 20 heavy (non-hydrogen) atoms. The van der Waals surface area contributed by atoms with Gasteiger partial charge >= 0.3 is 0 Å². The third-order valence-electron chi connectivity index (χ3n) is 4.72. The number of benzene rings is 1. The van der Waals surface area contributed by atoms with E-state index in [2.05, 4.69) is 50.9 Å². The zero-order chi connectivity index (χ0) is 13.7. The van der Waals surface area contributed by atoms with Crippen LogP contribution in [0.3, 0.4) is 0 Å². The van der Waals surface area contributed by atoms with Gasteiger partial charge in [0.05, 0.1) is 11.4 Å².